The van der Waals surface area contributed by atoms with E-state index in [4.69, 9.17) is 0 Å². The summed E-state index contributed by atoms with van der Waals surface area (Å²) in [6.07, 6.45) is 3.77. The van der Waals surface area contributed by atoms with E-state index in [9.17, 15) is 9.65 Å². The van der Waals surface area contributed by atoms with Gasteiger partial charge < -0.3 is 4.90 Å². The zero-order chi connectivity index (χ0) is 14.1. The summed E-state index contributed by atoms with van der Waals surface area (Å²) in [6.45, 7) is 5.25. The van der Waals surface area contributed by atoms with Crippen LogP contribution < -0.4 is 4.90 Å². The van der Waals surface area contributed by atoms with Crippen molar-refractivity contribution < 1.29 is 4.39 Å². The van der Waals surface area contributed by atoms with E-state index in [0.717, 1.165) is 18.8 Å². The van der Waals surface area contributed by atoms with Crippen molar-refractivity contribution in [3.63, 3.8) is 0 Å². The second kappa shape index (κ2) is 5.41. The minimum absolute atomic E-state index is 0.184. The average Bonchev–Trinajstić information content (AvgIpc) is 2.46. The SMILES string of the molecule is CC1CN2CCCCC2CN1c1cccc(F)c1C#N. The Morgan fingerprint density at radius 1 is 1.30 bits per heavy atom. The number of halogens is 1. The predicted molar refractivity (Wildman–Crippen MR) is 77.1 cm³/mol. The fourth-order valence-electron chi connectivity index (χ4n) is 3.55. The number of hydrogen-bond donors (Lipinski definition) is 0. The van der Waals surface area contributed by atoms with Crippen molar-refractivity contribution in [3.05, 3.63) is 29.6 Å². The molecule has 1 aromatic rings. The molecule has 0 N–H and O–H groups in total. The van der Waals surface area contributed by atoms with E-state index < -0.39 is 5.82 Å². The molecule has 2 atom stereocenters. The molecule has 0 bridgehead atoms. The zero-order valence-electron chi connectivity index (χ0n) is 11.8. The number of hydrogen-bond acceptors (Lipinski definition) is 3. The van der Waals surface area contributed by atoms with Crippen molar-refractivity contribution in [3.8, 4) is 6.07 Å². The van der Waals surface area contributed by atoms with Crippen LogP contribution in [0.5, 0.6) is 0 Å². The van der Waals surface area contributed by atoms with Gasteiger partial charge in [-0.3, -0.25) is 4.90 Å². The van der Waals surface area contributed by atoms with Gasteiger partial charge in [0.1, 0.15) is 17.4 Å². The molecule has 106 valence electrons. The Morgan fingerprint density at radius 2 is 2.15 bits per heavy atom. The van der Waals surface area contributed by atoms with Crippen LogP contribution in [0.4, 0.5) is 10.1 Å². The lowest BCUT2D eigenvalue weighted by Crippen LogP contribution is -2.59. The minimum atomic E-state index is -0.414. The van der Waals surface area contributed by atoms with Crippen molar-refractivity contribution in [2.45, 2.75) is 38.3 Å². The van der Waals surface area contributed by atoms with Gasteiger partial charge in [-0.25, -0.2) is 4.39 Å². The molecule has 2 saturated heterocycles. The summed E-state index contributed by atoms with van der Waals surface area (Å²) in [5, 5.41) is 9.22. The van der Waals surface area contributed by atoms with Crippen molar-refractivity contribution in [1.29, 1.82) is 5.26 Å². The molecule has 0 amide bonds. The third kappa shape index (κ3) is 2.27. The first-order valence-electron chi connectivity index (χ1n) is 7.40. The van der Waals surface area contributed by atoms with Gasteiger partial charge in [-0.05, 0) is 38.4 Å². The van der Waals surface area contributed by atoms with Crippen LogP contribution in [0.15, 0.2) is 18.2 Å². The maximum Gasteiger partial charge on any atom is 0.143 e. The van der Waals surface area contributed by atoms with Crippen LogP contribution >= 0.6 is 0 Å². The number of piperazine rings is 1. The van der Waals surface area contributed by atoms with Crippen molar-refractivity contribution in [1.82, 2.24) is 4.90 Å². The molecule has 0 aliphatic carbocycles. The van der Waals surface area contributed by atoms with E-state index in [1.54, 1.807) is 6.07 Å². The van der Waals surface area contributed by atoms with Gasteiger partial charge >= 0.3 is 0 Å². The number of fused-ring (bicyclic) bond motifs is 1. The van der Waals surface area contributed by atoms with Gasteiger partial charge in [-0.2, -0.15) is 5.26 Å². The topological polar surface area (TPSA) is 30.3 Å². The van der Waals surface area contributed by atoms with E-state index in [1.165, 1.54) is 31.9 Å². The molecule has 0 radical (unpaired) electrons. The molecule has 2 aliphatic rings. The Labute approximate surface area is 119 Å². The van der Waals surface area contributed by atoms with E-state index in [2.05, 4.69) is 16.7 Å². The number of piperidine rings is 1. The second-order valence-corrected chi connectivity index (χ2v) is 5.89. The van der Waals surface area contributed by atoms with Crippen LogP contribution in [0, 0.1) is 17.1 Å². The molecule has 20 heavy (non-hydrogen) atoms. The average molecular weight is 273 g/mol. The van der Waals surface area contributed by atoms with E-state index in [-0.39, 0.29) is 5.56 Å². The maximum atomic E-state index is 13.8. The van der Waals surface area contributed by atoms with Crippen LogP contribution in [-0.4, -0.2) is 36.6 Å². The van der Waals surface area contributed by atoms with Gasteiger partial charge in [0.05, 0.1) is 5.69 Å². The van der Waals surface area contributed by atoms with Crippen molar-refractivity contribution in [2.75, 3.05) is 24.5 Å². The number of rotatable bonds is 1. The van der Waals surface area contributed by atoms with E-state index >= 15 is 0 Å². The molecule has 4 heteroatoms. The van der Waals surface area contributed by atoms with E-state index in [1.807, 2.05) is 12.1 Å². The smallest absolute Gasteiger partial charge is 0.143 e. The quantitative estimate of drug-likeness (QED) is 0.788. The van der Waals surface area contributed by atoms with Crippen LogP contribution in [0.3, 0.4) is 0 Å². The fourth-order valence-corrected chi connectivity index (χ4v) is 3.55. The highest BCUT2D eigenvalue weighted by molar-refractivity contribution is 5.60. The molecule has 0 saturated carbocycles. The third-order valence-corrected chi connectivity index (χ3v) is 4.60. The lowest BCUT2D eigenvalue weighted by molar-refractivity contribution is 0.115. The Hall–Kier alpha value is -1.60. The Morgan fingerprint density at radius 3 is 2.95 bits per heavy atom. The molecule has 1 aromatic carbocycles. The molecule has 3 rings (SSSR count). The first kappa shape index (κ1) is 13.4. The molecule has 2 aliphatic heterocycles. The van der Waals surface area contributed by atoms with Crippen LogP contribution in [0.25, 0.3) is 0 Å². The molecule has 2 fully saturated rings. The highest BCUT2D eigenvalue weighted by Crippen LogP contribution is 2.30. The zero-order valence-corrected chi connectivity index (χ0v) is 11.8. The first-order valence-corrected chi connectivity index (χ1v) is 7.40. The highest BCUT2D eigenvalue weighted by atomic mass is 19.1. The summed E-state index contributed by atoms with van der Waals surface area (Å²) in [7, 11) is 0. The normalized spacial score (nSPS) is 26.9. The summed E-state index contributed by atoms with van der Waals surface area (Å²) < 4.78 is 13.8. The molecule has 0 spiro atoms. The van der Waals surface area contributed by atoms with Gasteiger partial charge in [0.25, 0.3) is 0 Å². The number of anilines is 1. The third-order valence-electron chi connectivity index (χ3n) is 4.60. The van der Waals surface area contributed by atoms with Crippen LogP contribution in [0.2, 0.25) is 0 Å². The number of nitriles is 1. The molecule has 0 aromatic heterocycles. The number of nitrogens with zero attached hydrogens (tertiary/aromatic N) is 3. The summed E-state index contributed by atoms with van der Waals surface area (Å²) >= 11 is 0. The first-order chi connectivity index (χ1) is 9.70. The van der Waals surface area contributed by atoms with Gasteiger partial charge in [0.15, 0.2) is 0 Å². The molecule has 2 heterocycles. The largest absolute Gasteiger partial charge is 0.365 e. The van der Waals surface area contributed by atoms with Crippen LogP contribution in [-0.2, 0) is 0 Å². The fraction of sp³-hybridized carbons (Fsp3) is 0.562. The van der Waals surface area contributed by atoms with Crippen molar-refractivity contribution in [2.24, 2.45) is 0 Å². The molecular formula is C16H20FN3. The van der Waals surface area contributed by atoms with Crippen LogP contribution in [0.1, 0.15) is 31.7 Å². The summed E-state index contributed by atoms with van der Waals surface area (Å²) in [6, 6.07) is 7.83. The summed E-state index contributed by atoms with van der Waals surface area (Å²) in [5.74, 6) is -0.414. The lowest BCUT2D eigenvalue weighted by Gasteiger charge is -2.48. The predicted octanol–water partition coefficient (Wildman–Crippen LogP) is 2.76. The van der Waals surface area contributed by atoms with Gasteiger partial charge in [0, 0.05) is 25.2 Å². The summed E-state index contributed by atoms with van der Waals surface area (Å²) in [4.78, 5) is 4.77. The van der Waals surface area contributed by atoms with Gasteiger partial charge in [-0.1, -0.05) is 12.5 Å². The maximum absolute atomic E-state index is 13.8. The lowest BCUT2D eigenvalue weighted by atomic mass is 9.96. The summed E-state index contributed by atoms with van der Waals surface area (Å²) in [5.41, 5.74) is 0.939. The Kier molecular flexibility index (Phi) is 3.62. The Balaban J connectivity index is 1.90. The monoisotopic (exact) mass is 273 g/mol. The Bertz CT molecular complexity index is 537. The van der Waals surface area contributed by atoms with Crippen molar-refractivity contribution >= 4 is 5.69 Å². The van der Waals surface area contributed by atoms with Gasteiger partial charge in [0.2, 0.25) is 0 Å². The second-order valence-electron chi connectivity index (χ2n) is 5.89. The molecule has 2 unspecified atom stereocenters. The van der Waals surface area contributed by atoms with E-state index in [0.29, 0.717) is 12.1 Å². The number of benzene rings is 1. The molecular weight excluding hydrogens is 253 g/mol. The highest BCUT2D eigenvalue weighted by Gasteiger charge is 2.34. The standard InChI is InChI=1S/C16H20FN3/c1-12-10-19-8-3-2-5-13(19)11-20(12)16-7-4-6-15(17)14(16)9-18/h4,6-7,12-13H,2-3,5,8,10-11H2,1H3. The molecule has 3 nitrogen and oxygen atoms in total. The van der Waals surface area contributed by atoms with Gasteiger partial charge in [-0.15, -0.1) is 0 Å². The minimum Gasteiger partial charge on any atom is -0.365 e.